The van der Waals surface area contributed by atoms with E-state index >= 15 is 0 Å². The first kappa shape index (κ1) is 21.4. The molecule has 1 aliphatic heterocycles. The van der Waals surface area contributed by atoms with Crippen LogP contribution in [0.4, 0.5) is 11.4 Å². The second kappa shape index (κ2) is 9.61. The number of imidazole rings is 1. The van der Waals surface area contributed by atoms with Crippen LogP contribution in [0.1, 0.15) is 61.0 Å². The van der Waals surface area contributed by atoms with Gasteiger partial charge in [0.25, 0.3) is 5.91 Å². The number of anilines is 2. The van der Waals surface area contributed by atoms with Crippen molar-refractivity contribution in [2.75, 3.05) is 10.6 Å². The van der Waals surface area contributed by atoms with Gasteiger partial charge in [-0.2, -0.15) is 0 Å². The highest BCUT2D eigenvalue weighted by molar-refractivity contribution is 6.05. The number of hydrogen-bond donors (Lipinski definition) is 2. The van der Waals surface area contributed by atoms with Gasteiger partial charge in [0, 0.05) is 46.9 Å². The number of benzene rings is 2. The topological polar surface area (TPSA) is 76.0 Å². The van der Waals surface area contributed by atoms with E-state index in [1.807, 2.05) is 36.5 Å². The molecule has 2 N–H and O–H groups in total. The summed E-state index contributed by atoms with van der Waals surface area (Å²) in [4.78, 5) is 30.0. The molecule has 1 aromatic heterocycles. The minimum Gasteiger partial charge on any atom is -0.328 e. The van der Waals surface area contributed by atoms with Crippen LogP contribution in [0.25, 0.3) is 11.4 Å². The van der Waals surface area contributed by atoms with Crippen molar-refractivity contribution in [3.05, 3.63) is 66.0 Å². The molecule has 2 amide bonds. The van der Waals surface area contributed by atoms with Gasteiger partial charge >= 0.3 is 0 Å². The smallest absolute Gasteiger partial charge is 0.255 e. The Morgan fingerprint density at radius 2 is 1.70 bits per heavy atom. The van der Waals surface area contributed by atoms with E-state index < -0.39 is 0 Å². The van der Waals surface area contributed by atoms with Crippen molar-refractivity contribution in [1.29, 1.82) is 0 Å². The monoisotopic (exact) mass is 442 g/mol. The number of amides is 2. The number of rotatable bonds is 5. The van der Waals surface area contributed by atoms with E-state index in [4.69, 9.17) is 0 Å². The highest BCUT2D eigenvalue weighted by atomic mass is 16.2. The average molecular weight is 443 g/mol. The van der Waals surface area contributed by atoms with E-state index in [0.717, 1.165) is 55.7 Å². The van der Waals surface area contributed by atoms with Crippen molar-refractivity contribution in [3.63, 3.8) is 0 Å². The normalized spacial score (nSPS) is 16.1. The SMILES string of the molecule is O=C(Nc1ccc(-c2ncc3n2CCCC3)cc1)c1cccc(NC(=O)C2CCCCC2)c1. The van der Waals surface area contributed by atoms with Crippen LogP contribution in [0.15, 0.2) is 54.7 Å². The van der Waals surface area contributed by atoms with Crippen LogP contribution in [-0.2, 0) is 17.8 Å². The molecule has 33 heavy (non-hydrogen) atoms. The van der Waals surface area contributed by atoms with Gasteiger partial charge in [-0.05, 0) is 74.6 Å². The molecule has 170 valence electrons. The Bertz CT molecular complexity index is 1140. The van der Waals surface area contributed by atoms with Crippen LogP contribution in [0.2, 0.25) is 0 Å². The number of nitrogens with zero attached hydrogens (tertiary/aromatic N) is 2. The van der Waals surface area contributed by atoms with Crippen molar-refractivity contribution in [2.24, 2.45) is 5.92 Å². The lowest BCUT2D eigenvalue weighted by Crippen LogP contribution is -2.24. The van der Waals surface area contributed by atoms with Crippen molar-refractivity contribution in [3.8, 4) is 11.4 Å². The molecule has 2 aromatic carbocycles. The Hall–Kier alpha value is -3.41. The summed E-state index contributed by atoms with van der Waals surface area (Å²) >= 11 is 0. The summed E-state index contributed by atoms with van der Waals surface area (Å²) < 4.78 is 2.30. The molecule has 0 atom stereocenters. The number of fused-ring (bicyclic) bond motifs is 1. The molecule has 6 nitrogen and oxygen atoms in total. The van der Waals surface area contributed by atoms with Crippen LogP contribution >= 0.6 is 0 Å². The standard InChI is InChI=1S/C27H30N4O2/c32-26(20-7-2-1-3-8-20)30-23-10-6-9-21(17-23)27(33)29-22-14-12-19(13-15-22)25-28-18-24-11-4-5-16-31(24)25/h6,9-10,12-15,17-18,20H,1-5,7-8,11,16H2,(H,29,33)(H,30,32). The van der Waals surface area contributed by atoms with Gasteiger partial charge in [0.2, 0.25) is 5.91 Å². The van der Waals surface area contributed by atoms with Gasteiger partial charge in [-0.3, -0.25) is 9.59 Å². The van der Waals surface area contributed by atoms with E-state index in [0.29, 0.717) is 11.3 Å². The minimum atomic E-state index is -0.199. The summed E-state index contributed by atoms with van der Waals surface area (Å²) in [5.74, 6) is 0.929. The summed E-state index contributed by atoms with van der Waals surface area (Å²) in [5, 5.41) is 5.95. The Morgan fingerprint density at radius 1 is 0.879 bits per heavy atom. The van der Waals surface area contributed by atoms with E-state index in [2.05, 4.69) is 20.2 Å². The first-order valence-electron chi connectivity index (χ1n) is 12.0. The lowest BCUT2D eigenvalue weighted by molar-refractivity contribution is -0.120. The molecule has 1 aliphatic carbocycles. The van der Waals surface area contributed by atoms with Crippen molar-refractivity contribution >= 4 is 23.2 Å². The quantitative estimate of drug-likeness (QED) is 0.535. The maximum atomic E-state index is 12.8. The average Bonchev–Trinajstić information content (AvgIpc) is 3.29. The van der Waals surface area contributed by atoms with Crippen molar-refractivity contribution < 1.29 is 9.59 Å². The minimum absolute atomic E-state index is 0.0593. The van der Waals surface area contributed by atoms with Gasteiger partial charge in [0.05, 0.1) is 0 Å². The van der Waals surface area contributed by atoms with Crippen molar-refractivity contribution in [2.45, 2.75) is 57.9 Å². The van der Waals surface area contributed by atoms with Crippen LogP contribution in [0.3, 0.4) is 0 Å². The zero-order valence-electron chi connectivity index (χ0n) is 18.8. The summed E-state index contributed by atoms with van der Waals surface area (Å²) in [6.07, 6.45) is 10.8. The van der Waals surface area contributed by atoms with Gasteiger partial charge in [0.1, 0.15) is 5.82 Å². The lowest BCUT2D eigenvalue weighted by Gasteiger charge is -2.20. The van der Waals surface area contributed by atoms with Crippen LogP contribution in [-0.4, -0.2) is 21.4 Å². The number of hydrogen-bond acceptors (Lipinski definition) is 3. The Labute approximate surface area is 194 Å². The second-order valence-electron chi connectivity index (χ2n) is 9.12. The molecule has 6 heteroatoms. The molecule has 1 fully saturated rings. The maximum Gasteiger partial charge on any atom is 0.255 e. The molecule has 0 saturated heterocycles. The number of carbonyl (C=O) groups excluding carboxylic acids is 2. The number of carbonyl (C=O) groups is 2. The molecular formula is C27H30N4O2. The predicted octanol–water partition coefficient (Wildman–Crippen LogP) is 5.66. The Kier molecular flexibility index (Phi) is 6.24. The van der Waals surface area contributed by atoms with Crippen molar-refractivity contribution in [1.82, 2.24) is 9.55 Å². The maximum absolute atomic E-state index is 12.8. The largest absolute Gasteiger partial charge is 0.328 e. The van der Waals surface area contributed by atoms with Crippen LogP contribution < -0.4 is 10.6 Å². The van der Waals surface area contributed by atoms with Gasteiger partial charge in [0.15, 0.2) is 0 Å². The number of aromatic nitrogens is 2. The molecule has 2 aliphatic rings. The van der Waals surface area contributed by atoms with E-state index in [9.17, 15) is 9.59 Å². The fourth-order valence-corrected chi connectivity index (χ4v) is 4.92. The Balaban J connectivity index is 1.24. The summed E-state index contributed by atoms with van der Waals surface area (Å²) in [6.45, 7) is 1.01. The van der Waals surface area contributed by atoms with Crippen LogP contribution in [0, 0.1) is 5.92 Å². The van der Waals surface area contributed by atoms with Gasteiger partial charge < -0.3 is 15.2 Å². The molecule has 0 radical (unpaired) electrons. The molecule has 1 saturated carbocycles. The molecule has 0 bridgehead atoms. The highest BCUT2D eigenvalue weighted by Gasteiger charge is 2.21. The second-order valence-corrected chi connectivity index (χ2v) is 9.12. The third-order valence-corrected chi connectivity index (χ3v) is 6.77. The van der Waals surface area contributed by atoms with E-state index in [1.54, 1.807) is 18.2 Å². The predicted molar refractivity (Wildman–Crippen MR) is 130 cm³/mol. The first-order chi connectivity index (χ1) is 16.2. The number of nitrogens with one attached hydrogen (secondary N) is 2. The molecule has 3 aromatic rings. The van der Waals surface area contributed by atoms with Gasteiger partial charge in [-0.15, -0.1) is 0 Å². The lowest BCUT2D eigenvalue weighted by atomic mass is 9.88. The third-order valence-electron chi connectivity index (χ3n) is 6.77. The van der Waals surface area contributed by atoms with E-state index in [1.165, 1.54) is 25.0 Å². The molecular weight excluding hydrogens is 412 g/mol. The summed E-state index contributed by atoms with van der Waals surface area (Å²) in [5.41, 5.74) is 4.25. The fourth-order valence-electron chi connectivity index (χ4n) is 4.92. The number of aryl methyl sites for hydroxylation is 1. The zero-order chi connectivity index (χ0) is 22.6. The fraction of sp³-hybridized carbons (Fsp3) is 0.370. The Morgan fingerprint density at radius 3 is 2.52 bits per heavy atom. The van der Waals surface area contributed by atoms with Gasteiger partial charge in [-0.25, -0.2) is 4.98 Å². The zero-order valence-corrected chi connectivity index (χ0v) is 18.8. The van der Waals surface area contributed by atoms with Gasteiger partial charge in [-0.1, -0.05) is 25.3 Å². The first-order valence-corrected chi connectivity index (χ1v) is 12.0. The molecule has 0 unspecified atom stereocenters. The summed E-state index contributed by atoms with van der Waals surface area (Å²) in [7, 11) is 0. The third kappa shape index (κ3) is 4.85. The molecule has 2 heterocycles. The molecule has 5 rings (SSSR count). The van der Waals surface area contributed by atoms with E-state index in [-0.39, 0.29) is 17.7 Å². The summed E-state index contributed by atoms with van der Waals surface area (Å²) in [6, 6.07) is 14.9. The van der Waals surface area contributed by atoms with Crippen LogP contribution in [0.5, 0.6) is 0 Å². The molecule has 0 spiro atoms. The highest BCUT2D eigenvalue weighted by Crippen LogP contribution is 2.27.